The van der Waals surface area contributed by atoms with Crippen LogP contribution in [0.1, 0.15) is 26.3 Å². The maximum atomic E-state index is 11.8. The average molecular weight is 288 g/mol. The Kier molecular flexibility index (Phi) is 5.39. The number of nitrogens with zero attached hydrogens (tertiary/aromatic N) is 1. The topological polar surface area (TPSA) is 84.3 Å². The lowest BCUT2D eigenvalue weighted by Crippen LogP contribution is -2.34. The highest BCUT2D eigenvalue weighted by Crippen LogP contribution is 2.32. The van der Waals surface area contributed by atoms with Crippen LogP contribution in [0.15, 0.2) is 14.6 Å². The van der Waals surface area contributed by atoms with Gasteiger partial charge in [0.2, 0.25) is 0 Å². The van der Waals surface area contributed by atoms with Gasteiger partial charge in [-0.2, -0.15) is 0 Å². The van der Waals surface area contributed by atoms with E-state index in [9.17, 15) is 9.59 Å². The van der Waals surface area contributed by atoms with Crippen LogP contribution < -0.4 is 11.2 Å². The van der Waals surface area contributed by atoms with E-state index in [4.69, 9.17) is 9.84 Å². The summed E-state index contributed by atoms with van der Waals surface area (Å²) in [6.07, 6.45) is 0. The minimum absolute atomic E-state index is 0.00935. The number of aromatic amines is 1. The number of H-pyrrole nitrogens is 1. The molecule has 2 N–H and O–H groups in total. The minimum atomic E-state index is -0.500. The van der Waals surface area contributed by atoms with Crippen molar-refractivity contribution in [3.05, 3.63) is 26.4 Å². The molecule has 0 aromatic carbocycles. The molecule has 6 nitrogen and oxygen atoms in total. The van der Waals surface area contributed by atoms with Gasteiger partial charge in [0.25, 0.3) is 5.56 Å². The van der Waals surface area contributed by atoms with E-state index < -0.39 is 5.69 Å². The molecule has 0 aliphatic heterocycles. The van der Waals surface area contributed by atoms with E-state index in [1.54, 1.807) is 6.92 Å². The van der Waals surface area contributed by atoms with E-state index in [0.717, 1.165) is 0 Å². The van der Waals surface area contributed by atoms with Crippen LogP contribution in [0.4, 0.5) is 0 Å². The number of rotatable bonds is 5. The Morgan fingerprint density at radius 1 is 1.37 bits per heavy atom. The molecule has 1 rings (SSSR count). The number of nitrogens with one attached hydrogen (secondary N) is 1. The lowest BCUT2D eigenvalue weighted by molar-refractivity contribution is 0.0411. The molecule has 0 atom stereocenters. The lowest BCUT2D eigenvalue weighted by Gasteiger charge is -2.21. The molecule has 0 radical (unpaired) electrons. The molecule has 1 aromatic heterocycles. The molecule has 0 saturated carbocycles. The van der Waals surface area contributed by atoms with Gasteiger partial charge in [0.05, 0.1) is 18.2 Å². The number of hydrogen-bond donors (Lipinski definition) is 2. The summed E-state index contributed by atoms with van der Waals surface area (Å²) >= 11 is 1.44. The van der Waals surface area contributed by atoms with Crippen molar-refractivity contribution < 1.29 is 9.84 Å². The van der Waals surface area contributed by atoms with Gasteiger partial charge in [-0.1, -0.05) is 20.8 Å². The summed E-state index contributed by atoms with van der Waals surface area (Å²) in [7, 11) is 0. The first-order valence-electron chi connectivity index (χ1n) is 5.97. The minimum Gasteiger partial charge on any atom is -0.394 e. The van der Waals surface area contributed by atoms with Gasteiger partial charge in [-0.3, -0.25) is 14.3 Å². The molecule has 0 aliphatic carbocycles. The Hall–Kier alpha value is -1.05. The first kappa shape index (κ1) is 16.0. The third-order valence-electron chi connectivity index (χ3n) is 2.23. The number of aliphatic hydroxyl groups is 1. The summed E-state index contributed by atoms with van der Waals surface area (Å²) < 4.78 is 6.42. The molecule has 0 spiro atoms. The Balaban J connectivity index is 3.22. The zero-order valence-electron chi connectivity index (χ0n) is 11.6. The van der Waals surface area contributed by atoms with Gasteiger partial charge in [0.15, 0.2) is 0 Å². The molecule has 7 heteroatoms. The molecule has 0 bridgehead atoms. The van der Waals surface area contributed by atoms with Crippen molar-refractivity contribution in [2.45, 2.75) is 44.2 Å². The summed E-state index contributed by atoms with van der Waals surface area (Å²) in [5, 5.41) is 9.29. The summed E-state index contributed by atoms with van der Waals surface area (Å²) in [5.74, 6) is 0. The molecule has 0 saturated heterocycles. The Morgan fingerprint density at radius 2 is 2.00 bits per heavy atom. The molecular weight excluding hydrogens is 268 g/mol. The predicted molar refractivity (Wildman–Crippen MR) is 74.7 cm³/mol. The number of thioether (sulfide) groups is 1. The lowest BCUT2D eigenvalue weighted by atomic mass is 10.3. The Morgan fingerprint density at radius 3 is 2.53 bits per heavy atom. The molecule has 19 heavy (non-hydrogen) atoms. The SMILES string of the molecule is Cc1c(SC(C)(C)C)n(COCCO)c(=O)[nH]c1=O. The highest BCUT2D eigenvalue weighted by Gasteiger charge is 2.19. The van der Waals surface area contributed by atoms with E-state index >= 15 is 0 Å². The van der Waals surface area contributed by atoms with Crippen LogP contribution in [-0.4, -0.2) is 32.6 Å². The summed E-state index contributed by atoms with van der Waals surface area (Å²) in [4.78, 5) is 25.8. The van der Waals surface area contributed by atoms with Crippen molar-refractivity contribution in [3.63, 3.8) is 0 Å². The van der Waals surface area contributed by atoms with E-state index in [1.807, 2.05) is 20.8 Å². The molecule has 0 unspecified atom stereocenters. The van der Waals surface area contributed by atoms with Crippen molar-refractivity contribution in [2.75, 3.05) is 13.2 Å². The number of aliphatic hydroxyl groups excluding tert-OH is 1. The van der Waals surface area contributed by atoms with Gasteiger partial charge in [-0.25, -0.2) is 4.79 Å². The van der Waals surface area contributed by atoms with E-state index in [0.29, 0.717) is 10.6 Å². The number of ether oxygens (including phenoxy) is 1. The van der Waals surface area contributed by atoms with Gasteiger partial charge in [0.1, 0.15) is 6.73 Å². The highest BCUT2D eigenvalue weighted by molar-refractivity contribution is 8.00. The van der Waals surface area contributed by atoms with Crippen LogP contribution in [0.3, 0.4) is 0 Å². The number of aromatic nitrogens is 2. The van der Waals surface area contributed by atoms with Crippen LogP contribution in [0, 0.1) is 6.92 Å². The maximum Gasteiger partial charge on any atom is 0.331 e. The fourth-order valence-electron chi connectivity index (χ4n) is 1.41. The van der Waals surface area contributed by atoms with Gasteiger partial charge in [-0.15, -0.1) is 11.8 Å². The van der Waals surface area contributed by atoms with Crippen molar-refractivity contribution >= 4 is 11.8 Å². The van der Waals surface area contributed by atoms with Crippen LogP contribution in [-0.2, 0) is 11.5 Å². The summed E-state index contributed by atoms with van der Waals surface area (Å²) in [6.45, 7) is 7.72. The van der Waals surface area contributed by atoms with Crippen LogP contribution in [0.5, 0.6) is 0 Å². The zero-order chi connectivity index (χ0) is 14.6. The van der Waals surface area contributed by atoms with Crippen LogP contribution in [0.25, 0.3) is 0 Å². The second-order valence-electron chi connectivity index (χ2n) is 5.09. The van der Waals surface area contributed by atoms with Gasteiger partial charge in [-0.05, 0) is 6.92 Å². The van der Waals surface area contributed by atoms with E-state index in [1.165, 1.54) is 16.3 Å². The van der Waals surface area contributed by atoms with Crippen molar-refractivity contribution in [3.8, 4) is 0 Å². The number of hydrogen-bond acceptors (Lipinski definition) is 5. The smallest absolute Gasteiger partial charge is 0.331 e. The third kappa shape index (κ3) is 4.52. The van der Waals surface area contributed by atoms with Gasteiger partial charge < -0.3 is 9.84 Å². The molecule has 108 valence electrons. The first-order chi connectivity index (χ1) is 8.76. The van der Waals surface area contributed by atoms with Crippen LogP contribution in [0.2, 0.25) is 0 Å². The van der Waals surface area contributed by atoms with Crippen LogP contribution >= 0.6 is 11.8 Å². The quantitative estimate of drug-likeness (QED) is 0.473. The monoisotopic (exact) mass is 288 g/mol. The standard InChI is InChI=1S/C12H20N2O4S/c1-8-9(16)13-11(17)14(7-18-6-5-15)10(8)19-12(2,3)4/h15H,5-7H2,1-4H3,(H,13,16,17). The summed E-state index contributed by atoms with van der Waals surface area (Å²) in [5.41, 5.74) is -0.387. The largest absolute Gasteiger partial charge is 0.394 e. The Labute approximate surface area is 115 Å². The fraction of sp³-hybridized carbons (Fsp3) is 0.667. The third-order valence-corrected chi connectivity index (χ3v) is 3.56. The second-order valence-corrected chi connectivity index (χ2v) is 6.91. The normalized spacial score (nSPS) is 11.8. The molecule has 1 heterocycles. The van der Waals surface area contributed by atoms with E-state index in [2.05, 4.69) is 4.98 Å². The molecule has 0 aliphatic rings. The molecular formula is C12H20N2O4S. The predicted octanol–water partition coefficient (Wildman–Crippen LogP) is 0.702. The summed E-state index contributed by atoms with van der Waals surface area (Å²) in [6, 6.07) is 0. The Bertz CT molecular complexity index is 542. The maximum absolute atomic E-state index is 11.8. The van der Waals surface area contributed by atoms with Gasteiger partial charge >= 0.3 is 5.69 Å². The fourth-order valence-corrected chi connectivity index (χ4v) is 2.48. The van der Waals surface area contributed by atoms with Crippen molar-refractivity contribution in [2.24, 2.45) is 0 Å². The first-order valence-corrected chi connectivity index (χ1v) is 6.79. The average Bonchev–Trinajstić information content (AvgIpc) is 2.28. The second kappa shape index (κ2) is 6.40. The van der Waals surface area contributed by atoms with Crippen molar-refractivity contribution in [1.82, 2.24) is 9.55 Å². The van der Waals surface area contributed by atoms with Crippen molar-refractivity contribution in [1.29, 1.82) is 0 Å². The molecule has 0 fully saturated rings. The zero-order valence-corrected chi connectivity index (χ0v) is 12.5. The molecule has 0 amide bonds. The van der Waals surface area contributed by atoms with Gasteiger partial charge in [0, 0.05) is 10.3 Å². The highest BCUT2D eigenvalue weighted by atomic mass is 32.2. The van der Waals surface area contributed by atoms with E-state index in [-0.39, 0.29) is 30.3 Å². The molecule has 1 aromatic rings.